The second-order valence-electron chi connectivity index (χ2n) is 3.08. The number of ether oxygens (including phenoxy) is 1. The third-order valence-electron chi connectivity index (χ3n) is 2.13. The molecular formula is C8H16N2O2. The smallest absolute Gasteiger partial charge is 0.224 e. The number of hydrogen-bond acceptors (Lipinski definition) is 3. The van der Waals surface area contributed by atoms with E-state index in [1.165, 1.54) is 0 Å². The van der Waals surface area contributed by atoms with Crippen molar-refractivity contribution in [1.82, 2.24) is 5.32 Å². The van der Waals surface area contributed by atoms with Gasteiger partial charge < -0.3 is 15.8 Å². The van der Waals surface area contributed by atoms with Crippen molar-refractivity contribution in [3.63, 3.8) is 0 Å². The van der Waals surface area contributed by atoms with Crippen LogP contribution in [0, 0.1) is 5.92 Å². The average Bonchev–Trinajstić information content (AvgIpc) is 1.99. The second kappa shape index (κ2) is 4.42. The van der Waals surface area contributed by atoms with Gasteiger partial charge in [0.15, 0.2) is 0 Å². The molecule has 3 N–H and O–H groups in total. The van der Waals surface area contributed by atoms with Crippen molar-refractivity contribution in [2.75, 3.05) is 19.8 Å². The number of carbonyl (C=O) groups is 1. The minimum atomic E-state index is -0.0365. The summed E-state index contributed by atoms with van der Waals surface area (Å²) >= 11 is 0. The Labute approximate surface area is 72.5 Å². The zero-order chi connectivity index (χ0) is 8.97. The zero-order valence-electron chi connectivity index (χ0n) is 7.38. The van der Waals surface area contributed by atoms with Crippen molar-refractivity contribution in [3.05, 3.63) is 0 Å². The molecule has 70 valence electrons. The average molecular weight is 172 g/mol. The van der Waals surface area contributed by atoms with Crippen LogP contribution >= 0.6 is 0 Å². The molecule has 12 heavy (non-hydrogen) atoms. The van der Waals surface area contributed by atoms with E-state index in [1.54, 1.807) is 0 Å². The van der Waals surface area contributed by atoms with Crippen LogP contribution in [0.2, 0.25) is 0 Å². The molecule has 1 heterocycles. The molecule has 1 aliphatic heterocycles. The molecule has 1 fully saturated rings. The van der Waals surface area contributed by atoms with Crippen LogP contribution in [0.15, 0.2) is 0 Å². The van der Waals surface area contributed by atoms with Crippen molar-refractivity contribution < 1.29 is 9.53 Å². The highest BCUT2D eigenvalue weighted by atomic mass is 16.5. The fourth-order valence-electron chi connectivity index (χ4n) is 1.10. The van der Waals surface area contributed by atoms with Crippen molar-refractivity contribution >= 4 is 5.91 Å². The van der Waals surface area contributed by atoms with E-state index >= 15 is 0 Å². The van der Waals surface area contributed by atoms with E-state index in [0.717, 1.165) is 6.42 Å². The fourth-order valence-corrected chi connectivity index (χ4v) is 1.10. The summed E-state index contributed by atoms with van der Waals surface area (Å²) in [6.45, 7) is 3.68. The minimum absolute atomic E-state index is 0.0365. The van der Waals surface area contributed by atoms with E-state index in [0.29, 0.717) is 19.8 Å². The maximum atomic E-state index is 11.4. The van der Waals surface area contributed by atoms with E-state index < -0.39 is 0 Å². The van der Waals surface area contributed by atoms with Gasteiger partial charge >= 0.3 is 0 Å². The molecular weight excluding hydrogens is 156 g/mol. The van der Waals surface area contributed by atoms with Crippen LogP contribution in [-0.4, -0.2) is 31.7 Å². The van der Waals surface area contributed by atoms with Gasteiger partial charge in [-0.05, 0) is 6.42 Å². The number of nitrogens with two attached hydrogens (primary N) is 1. The van der Waals surface area contributed by atoms with Crippen LogP contribution in [-0.2, 0) is 9.53 Å². The van der Waals surface area contributed by atoms with Crippen molar-refractivity contribution in [2.45, 2.75) is 19.4 Å². The van der Waals surface area contributed by atoms with Gasteiger partial charge in [0.2, 0.25) is 5.91 Å². The Bertz CT molecular complexity index is 153. The predicted molar refractivity (Wildman–Crippen MR) is 45.6 cm³/mol. The summed E-state index contributed by atoms with van der Waals surface area (Å²) in [5, 5.41) is 2.87. The van der Waals surface area contributed by atoms with Gasteiger partial charge in [-0.2, -0.15) is 0 Å². The van der Waals surface area contributed by atoms with Gasteiger partial charge in [0.1, 0.15) is 0 Å². The molecule has 1 unspecified atom stereocenters. The van der Waals surface area contributed by atoms with Crippen molar-refractivity contribution in [3.8, 4) is 0 Å². The number of hydrogen-bond donors (Lipinski definition) is 2. The maximum Gasteiger partial charge on any atom is 0.224 e. The molecule has 1 atom stereocenters. The molecule has 1 rings (SSSR count). The largest absolute Gasteiger partial charge is 0.377 e. The normalized spacial score (nSPS) is 19.8. The van der Waals surface area contributed by atoms with Gasteiger partial charge in [-0.15, -0.1) is 0 Å². The fraction of sp³-hybridized carbons (Fsp3) is 0.875. The van der Waals surface area contributed by atoms with E-state index in [-0.39, 0.29) is 17.9 Å². The van der Waals surface area contributed by atoms with Gasteiger partial charge in [0.05, 0.1) is 19.3 Å². The molecule has 1 saturated heterocycles. The lowest BCUT2D eigenvalue weighted by Gasteiger charge is -2.28. The molecule has 0 radical (unpaired) electrons. The summed E-state index contributed by atoms with van der Waals surface area (Å²) in [5.41, 5.74) is 5.43. The maximum absolute atomic E-state index is 11.4. The zero-order valence-corrected chi connectivity index (χ0v) is 7.38. The third kappa shape index (κ3) is 2.19. The van der Waals surface area contributed by atoms with Gasteiger partial charge in [-0.1, -0.05) is 6.92 Å². The molecule has 0 bridgehead atoms. The molecule has 4 nitrogen and oxygen atoms in total. The Hall–Kier alpha value is -0.610. The summed E-state index contributed by atoms with van der Waals surface area (Å²) in [6, 6.07) is 0.220. The first-order chi connectivity index (χ1) is 5.77. The predicted octanol–water partition coefficient (Wildman–Crippen LogP) is -0.514. The highest BCUT2D eigenvalue weighted by molar-refractivity contribution is 5.79. The summed E-state index contributed by atoms with van der Waals surface area (Å²) < 4.78 is 4.94. The summed E-state index contributed by atoms with van der Waals surface area (Å²) in [5.74, 6) is 0.0268. The Morgan fingerprint density at radius 3 is 2.75 bits per heavy atom. The third-order valence-corrected chi connectivity index (χ3v) is 2.13. The summed E-state index contributed by atoms with van der Waals surface area (Å²) in [7, 11) is 0. The minimum Gasteiger partial charge on any atom is -0.377 e. The molecule has 0 aromatic heterocycles. The van der Waals surface area contributed by atoms with Crippen LogP contribution in [0.25, 0.3) is 0 Å². The Morgan fingerprint density at radius 1 is 1.75 bits per heavy atom. The highest BCUT2D eigenvalue weighted by Crippen LogP contribution is 2.04. The van der Waals surface area contributed by atoms with E-state index in [9.17, 15) is 4.79 Å². The first kappa shape index (κ1) is 9.48. The SMILES string of the molecule is CCC(CN)C(=O)NC1COC1. The van der Waals surface area contributed by atoms with E-state index in [1.807, 2.05) is 6.92 Å². The van der Waals surface area contributed by atoms with Crippen LogP contribution in [0.3, 0.4) is 0 Å². The van der Waals surface area contributed by atoms with Gasteiger partial charge in [-0.25, -0.2) is 0 Å². The molecule has 0 aromatic carbocycles. The first-order valence-electron chi connectivity index (χ1n) is 4.36. The molecule has 0 aromatic rings. The number of amides is 1. The lowest BCUT2D eigenvalue weighted by atomic mass is 10.1. The molecule has 4 heteroatoms. The van der Waals surface area contributed by atoms with Crippen LogP contribution in [0.4, 0.5) is 0 Å². The van der Waals surface area contributed by atoms with Crippen molar-refractivity contribution in [2.24, 2.45) is 11.7 Å². The second-order valence-corrected chi connectivity index (χ2v) is 3.08. The van der Waals surface area contributed by atoms with E-state index in [2.05, 4.69) is 5.32 Å². The highest BCUT2D eigenvalue weighted by Gasteiger charge is 2.23. The molecule has 1 aliphatic rings. The monoisotopic (exact) mass is 172 g/mol. The van der Waals surface area contributed by atoms with Gasteiger partial charge in [0.25, 0.3) is 0 Å². The first-order valence-corrected chi connectivity index (χ1v) is 4.36. The van der Waals surface area contributed by atoms with Gasteiger partial charge in [0, 0.05) is 12.5 Å². The number of rotatable bonds is 4. The Balaban J connectivity index is 2.24. The van der Waals surface area contributed by atoms with Crippen molar-refractivity contribution in [1.29, 1.82) is 0 Å². The quantitative estimate of drug-likeness (QED) is 0.600. The van der Waals surface area contributed by atoms with Gasteiger partial charge in [-0.3, -0.25) is 4.79 Å². The van der Waals surface area contributed by atoms with Crippen LogP contribution in [0.1, 0.15) is 13.3 Å². The topological polar surface area (TPSA) is 64.4 Å². The molecule has 0 spiro atoms. The Kier molecular flexibility index (Phi) is 3.49. The lowest BCUT2D eigenvalue weighted by Crippen LogP contribution is -2.51. The van der Waals surface area contributed by atoms with Crippen LogP contribution < -0.4 is 11.1 Å². The lowest BCUT2D eigenvalue weighted by molar-refractivity contribution is -0.129. The number of carbonyl (C=O) groups excluding carboxylic acids is 1. The molecule has 1 amide bonds. The summed E-state index contributed by atoms with van der Waals surface area (Å²) in [6.07, 6.45) is 0.801. The molecule has 0 saturated carbocycles. The summed E-state index contributed by atoms with van der Waals surface area (Å²) in [4.78, 5) is 11.4. The van der Waals surface area contributed by atoms with E-state index in [4.69, 9.17) is 10.5 Å². The van der Waals surface area contributed by atoms with Crippen LogP contribution in [0.5, 0.6) is 0 Å². The standard InChI is InChI=1S/C8H16N2O2/c1-2-6(3-9)8(11)10-7-4-12-5-7/h6-7H,2-5,9H2,1H3,(H,10,11). The Morgan fingerprint density at radius 2 is 2.42 bits per heavy atom. The number of nitrogens with one attached hydrogen (secondary N) is 1. The molecule has 0 aliphatic carbocycles.